The van der Waals surface area contributed by atoms with Gasteiger partial charge in [0.05, 0.1) is 5.25 Å². The van der Waals surface area contributed by atoms with Crippen LogP contribution in [0, 0.1) is 20.8 Å². The van der Waals surface area contributed by atoms with Crippen molar-refractivity contribution in [1.29, 1.82) is 0 Å². The maximum absolute atomic E-state index is 13.4. The third-order valence-corrected chi connectivity index (χ3v) is 7.51. The van der Waals surface area contributed by atoms with Crippen LogP contribution in [0.15, 0.2) is 108 Å². The van der Waals surface area contributed by atoms with Gasteiger partial charge in [-0.05, 0) is 80.8 Å². The Balaban J connectivity index is 1.48. The van der Waals surface area contributed by atoms with E-state index in [1.165, 1.54) is 11.8 Å². The van der Waals surface area contributed by atoms with Crippen molar-refractivity contribution >= 4 is 46.9 Å². The quantitative estimate of drug-likeness (QED) is 0.149. The second-order valence-corrected chi connectivity index (χ2v) is 11.2. The molecule has 41 heavy (non-hydrogen) atoms. The van der Waals surface area contributed by atoms with Gasteiger partial charge in [0.15, 0.2) is 0 Å². The number of thioether (sulfide) groups is 1. The SMILES string of the molecule is Cc1ccc(/C=C(/NC(=O)c2ccccc2)C(=O)Nc2cccc(SC(C)C(=O)Nc3c(C)cccc3C)c2)cc1. The highest BCUT2D eigenvalue weighted by Gasteiger charge is 2.18. The minimum atomic E-state index is -0.460. The van der Waals surface area contributed by atoms with Crippen molar-refractivity contribution in [3.05, 3.63) is 131 Å². The lowest BCUT2D eigenvalue weighted by atomic mass is 10.1. The highest BCUT2D eigenvalue weighted by molar-refractivity contribution is 8.00. The van der Waals surface area contributed by atoms with Crippen LogP contribution in [-0.2, 0) is 9.59 Å². The third-order valence-electron chi connectivity index (χ3n) is 6.42. The minimum absolute atomic E-state index is 0.103. The molecule has 0 saturated carbocycles. The lowest BCUT2D eigenvalue weighted by molar-refractivity contribution is -0.115. The Morgan fingerprint density at radius 1 is 0.756 bits per heavy atom. The molecule has 0 aromatic heterocycles. The van der Waals surface area contributed by atoms with Gasteiger partial charge in [-0.15, -0.1) is 11.8 Å². The van der Waals surface area contributed by atoms with Crippen LogP contribution in [0.4, 0.5) is 11.4 Å². The molecule has 0 aliphatic rings. The van der Waals surface area contributed by atoms with Crippen LogP contribution in [-0.4, -0.2) is 23.0 Å². The fourth-order valence-electron chi connectivity index (χ4n) is 4.11. The number of hydrogen-bond donors (Lipinski definition) is 3. The van der Waals surface area contributed by atoms with E-state index in [1.54, 1.807) is 36.4 Å². The lowest BCUT2D eigenvalue weighted by Gasteiger charge is -2.16. The Hall–Kier alpha value is -4.62. The summed E-state index contributed by atoms with van der Waals surface area (Å²) in [4.78, 5) is 40.1. The molecule has 1 atom stereocenters. The van der Waals surface area contributed by atoms with Crippen molar-refractivity contribution in [2.75, 3.05) is 10.6 Å². The first-order valence-corrected chi connectivity index (χ1v) is 14.2. The third kappa shape index (κ3) is 8.19. The Bertz CT molecular complexity index is 1560. The molecule has 4 rings (SSSR count). The van der Waals surface area contributed by atoms with Crippen LogP contribution in [0.3, 0.4) is 0 Å². The highest BCUT2D eigenvalue weighted by atomic mass is 32.2. The van der Waals surface area contributed by atoms with Crippen molar-refractivity contribution in [3.8, 4) is 0 Å². The van der Waals surface area contributed by atoms with E-state index in [2.05, 4.69) is 16.0 Å². The Kier molecular flexibility index (Phi) is 9.77. The minimum Gasteiger partial charge on any atom is -0.325 e. The molecule has 0 heterocycles. The predicted octanol–water partition coefficient (Wildman–Crippen LogP) is 7.14. The molecule has 0 radical (unpaired) electrons. The van der Waals surface area contributed by atoms with Gasteiger partial charge in [-0.1, -0.05) is 72.3 Å². The summed E-state index contributed by atoms with van der Waals surface area (Å²) in [6.45, 7) is 7.77. The molecule has 0 bridgehead atoms. The zero-order valence-electron chi connectivity index (χ0n) is 23.5. The highest BCUT2D eigenvalue weighted by Crippen LogP contribution is 2.28. The number of benzene rings is 4. The van der Waals surface area contributed by atoms with Gasteiger partial charge in [0.2, 0.25) is 5.91 Å². The zero-order valence-corrected chi connectivity index (χ0v) is 24.3. The summed E-state index contributed by atoms with van der Waals surface area (Å²) in [5.74, 6) is -0.946. The van der Waals surface area contributed by atoms with Crippen molar-refractivity contribution in [2.24, 2.45) is 0 Å². The number of nitrogens with one attached hydrogen (secondary N) is 3. The lowest BCUT2D eigenvalue weighted by Crippen LogP contribution is -2.30. The van der Waals surface area contributed by atoms with E-state index < -0.39 is 5.91 Å². The van der Waals surface area contributed by atoms with Gasteiger partial charge in [-0.3, -0.25) is 14.4 Å². The van der Waals surface area contributed by atoms with Gasteiger partial charge in [0, 0.05) is 21.8 Å². The monoisotopic (exact) mass is 563 g/mol. The first-order valence-electron chi connectivity index (χ1n) is 13.3. The molecule has 4 aromatic rings. The molecule has 3 N–H and O–H groups in total. The first kappa shape index (κ1) is 29.4. The predicted molar refractivity (Wildman–Crippen MR) is 168 cm³/mol. The first-order chi connectivity index (χ1) is 19.7. The molecule has 0 fully saturated rings. The number of amides is 3. The van der Waals surface area contributed by atoms with E-state index >= 15 is 0 Å². The van der Waals surface area contributed by atoms with E-state index in [0.717, 1.165) is 32.8 Å². The summed E-state index contributed by atoms with van der Waals surface area (Å²) in [5.41, 5.74) is 5.82. The molecular formula is C34H33N3O3S. The van der Waals surface area contributed by atoms with E-state index in [9.17, 15) is 14.4 Å². The maximum Gasteiger partial charge on any atom is 0.272 e. The largest absolute Gasteiger partial charge is 0.325 e. The van der Waals surface area contributed by atoms with Crippen LogP contribution in [0.25, 0.3) is 6.08 Å². The number of rotatable bonds is 9. The van der Waals surface area contributed by atoms with E-state index in [1.807, 2.05) is 94.4 Å². The van der Waals surface area contributed by atoms with Crippen molar-refractivity contribution in [2.45, 2.75) is 37.8 Å². The number of carbonyl (C=O) groups is 3. The topological polar surface area (TPSA) is 87.3 Å². The molecular weight excluding hydrogens is 530 g/mol. The normalized spacial score (nSPS) is 11.9. The Morgan fingerprint density at radius 3 is 2.10 bits per heavy atom. The Morgan fingerprint density at radius 2 is 1.41 bits per heavy atom. The van der Waals surface area contributed by atoms with Gasteiger partial charge >= 0.3 is 0 Å². The zero-order chi connectivity index (χ0) is 29.4. The van der Waals surface area contributed by atoms with Gasteiger partial charge < -0.3 is 16.0 Å². The molecule has 0 saturated heterocycles. The summed E-state index contributed by atoms with van der Waals surface area (Å²) >= 11 is 1.40. The molecule has 0 spiro atoms. The molecule has 0 aliphatic carbocycles. The summed E-state index contributed by atoms with van der Waals surface area (Å²) in [6, 6.07) is 29.6. The van der Waals surface area contributed by atoms with E-state index in [4.69, 9.17) is 0 Å². The standard InChI is InChI=1S/C34H33N3O3S/c1-22-16-18-26(19-17-22)20-30(36-33(39)27-12-6-5-7-13-27)34(40)35-28-14-9-15-29(21-28)41-25(4)32(38)37-31-23(2)10-8-11-24(31)3/h5-21,25H,1-4H3,(H,35,40)(H,36,39)(H,37,38)/b30-20+. The van der Waals surface area contributed by atoms with Gasteiger partial charge in [-0.25, -0.2) is 0 Å². The van der Waals surface area contributed by atoms with Crippen molar-refractivity contribution < 1.29 is 14.4 Å². The molecule has 6 nitrogen and oxygen atoms in total. The number of hydrogen-bond acceptors (Lipinski definition) is 4. The number of anilines is 2. The molecule has 7 heteroatoms. The van der Waals surface area contributed by atoms with E-state index in [-0.39, 0.29) is 22.8 Å². The fourth-order valence-corrected chi connectivity index (χ4v) is 5.04. The molecule has 0 aliphatic heterocycles. The average Bonchev–Trinajstić information content (AvgIpc) is 2.96. The summed E-state index contributed by atoms with van der Waals surface area (Å²) in [7, 11) is 0. The van der Waals surface area contributed by atoms with Crippen LogP contribution in [0.1, 0.15) is 39.5 Å². The van der Waals surface area contributed by atoms with Gasteiger partial charge in [0.1, 0.15) is 5.70 Å². The average molecular weight is 564 g/mol. The smallest absolute Gasteiger partial charge is 0.272 e. The van der Waals surface area contributed by atoms with Crippen molar-refractivity contribution in [1.82, 2.24) is 5.32 Å². The molecule has 208 valence electrons. The van der Waals surface area contributed by atoms with Gasteiger partial charge in [0.25, 0.3) is 11.8 Å². The number of carbonyl (C=O) groups excluding carboxylic acids is 3. The van der Waals surface area contributed by atoms with Crippen LogP contribution in [0.2, 0.25) is 0 Å². The van der Waals surface area contributed by atoms with Gasteiger partial charge in [-0.2, -0.15) is 0 Å². The molecule has 1 unspecified atom stereocenters. The maximum atomic E-state index is 13.4. The fraction of sp³-hybridized carbons (Fsp3) is 0.147. The van der Waals surface area contributed by atoms with E-state index in [0.29, 0.717) is 11.3 Å². The number of aryl methyl sites for hydroxylation is 3. The molecule has 3 amide bonds. The van der Waals surface area contributed by atoms with Crippen LogP contribution >= 0.6 is 11.8 Å². The summed E-state index contributed by atoms with van der Waals surface area (Å²) in [6.07, 6.45) is 1.65. The van der Waals surface area contributed by atoms with Crippen molar-refractivity contribution in [3.63, 3.8) is 0 Å². The second kappa shape index (κ2) is 13.6. The van der Waals surface area contributed by atoms with Crippen LogP contribution < -0.4 is 16.0 Å². The molecule has 4 aromatic carbocycles. The summed E-state index contributed by atoms with van der Waals surface area (Å²) in [5, 5.41) is 8.32. The Labute approximate surface area is 245 Å². The summed E-state index contributed by atoms with van der Waals surface area (Å²) < 4.78 is 0. The van der Waals surface area contributed by atoms with Crippen LogP contribution in [0.5, 0.6) is 0 Å². The number of para-hydroxylation sites is 1. The second-order valence-electron chi connectivity index (χ2n) is 9.79.